The van der Waals surface area contributed by atoms with E-state index in [1.165, 1.54) is 0 Å². The number of fused-ring (bicyclic) bond motifs is 1. The van der Waals surface area contributed by atoms with Gasteiger partial charge in [0, 0.05) is 18.0 Å². The van der Waals surface area contributed by atoms with Crippen LogP contribution in [0.1, 0.15) is 24.3 Å². The number of allylic oxidation sites excluding steroid dienone is 2. The second kappa shape index (κ2) is 6.55. The molecule has 0 aromatic heterocycles. The van der Waals surface area contributed by atoms with Gasteiger partial charge >= 0.3 is 0 Å². The molecule has 0 spiro atoms. The van der Waals surface area contributed by atoms with Gasteiger partial charge in [-0.1, -0.05) is 18.2 Å². The highest BCUT2D eigenvalue weighted by atomic mass is 16.5. The summed E-state index contributed by atoms with van der Waals surface area (Å²) in [5.41, 5.74) is -0.278. The summed E-state index contributed by atoms with van der Waals surface area (Å²) in [6.07, 6.45) is 6.63. The normalized spacial score (nSPS) is 27.0. The Kier molecular flexibility index (Phi) is 4.17. The van der Waals surface area contributed by atoms with E-state index >= 15 is 0 Å². The van der Waals surface area contributed by atoms with E-state index in [9.17, 15) is 20.6 Å². The van der Waals surface area contributed by atoms with Gasteiger partial charge in [0.2, 0.25) is 0 Å². The molecule has 4 rings (SSSR count). The molecule has 1 aromatic rings. The maximum Gasteiger partial charge on any atom is 0.176 e. The third-order valence-corrected chi connectivity index (χ3v) is 5.91. The first-order chi connectivity index (χ1) is 13.6. The number of hydrogen-bond acceptors (Lipinski definition) is 6. The third kappa shape index (κ3) is 2.48. The first-order valence-electron chi connectivity index (χ1n) is 9.17. The van der Waals surface area contributed by atoms with Crippen molar-refractivity contribution in [3.05, 3.63) is 53.8 Å². The number of Topliss-reactive ketones (excluding diaryl/α,β-unsaturated/α-hetero) is 1. The van der Waals surface area contributed by atoms with Gasteiger partial charge in [0.05, 0.1) is 36.9 Å². The molecule has 0 amide bonds. The number of rotatable bonds is 4. The van der Waals surface area contributed by atoms with E-state index in [4.69, 9.17) is 4.74 Å². The first kappa shape index (κ1) is 17.8. The van der Waals surface area contributed by atoms with Gasteiger partial charge in [0.15, 0.2) is 11.2 Å². The van der Waals surface area contributed by atoms with Crippen LogP contribution in [0.25, 0.3) is 0 Å². The van der Waals surface area contributed by atoms with Crippen molar-refractivity contribution in [2.75, 3.05) is 7.11 Å². The lowest BCUT2D eigenvalue weighted by molar-refractivity contribution is -0.124. The monoisotopic (exact) mass is 370 g/mol. The van der Waals surface area contributed by atoms with E-state index in [0.717, 1.165) is 18.4 Å². The van der Waals surface area contributed by atoms with Gasteiger partial charge in [0.1, 0.15) is 11.8 Å². The Morgan fingerprint density at radius 3 is 2.39 bits per heavy atom. The van der Waals surface area contributed by atoms with Gasteiger partial charge in [-0.3, -0.25) is 4.79 Å². The summed E-state index contributed by atoms with van der Waals surface area (Å²) >= 11 is 0. The number of ether oxygens (including phenoxy) is 1. The summed E-state index contributed by atoms with van der Waals surface area (Å²) in [7, 11) is 1.57. The molecule has 3 aliphatic rings. The summed E-state index contributed by atoms with van der Waals surface area (Å²) in [5, 5.41) is 29.5. The minimum Gasteiger partial charge on any atom is -0.497 e. The van der Waals surface area contributed by atoms with Gasteiger partial charge in [-0.2, -0.15) is 15.8 Å². The summed E-state index contributed by atoms with van der Waals surface area (Å²) in [4.78, 5) is 15.0. The zero-order valence-electron chi connectivity index (χ0n) is 15.4. The SMILES string of the molecule is COc1ccc([C@@H]2[C@@H](C(=O)C3CC3)N3C=C(C#N)C=C[C@H]3C2(C#N)C#N)cc1. The Morgan fingerprint density at radius 2 is 1.86 bits per heavy atom. The number of nitrogens with zero attached hydrogens (tertiary/aromatic N) is 4. The Balaban J connectivity index is 1.90. The summed E-state index contributed by atoms with van der Waals surface area (Å²) in [6, 6.07) is 12.5. The van der Waals surface area contributed by atoms with Gasteiger partial charge in [0.25, 0.3) is 0 Å². The van der Waals surface area contributed by atoms with Crippen LogP contribution in [0.2, 0.25) is 0 Å². The Labute approximate surface area is 163 Å². The highest BCUT2D eigenvalue weighted by Gasteiger charge is 2.63. The molecule has 0 unspecified atom stereocenters. The smallest absolute Gasteiger partial charge is 0.176 e. The summed E-state index contributed by atoms with van der Waals surface area (Å²) < 4.78 is 5.22. The molecular weight excluding hydrogens is 352 g/mol. The van der Waals surface area contributed by atoms with Crippen molar-refractivity contribution in [2.24, 2.45) is 11.3 Å². The van der Waals surface area contributed by atoms with E-state index in [1.54, 1.807) is 42.5 Å². The lowest BCUT2D eigenvalue weighted by atomic mass is 9.69. The second-order valence-corrected chi connectivity index (χ2v) is 7.41. The molecule has 6 nitrogen and oxygen atoms in total. The van der Waals surface area contributed by atoms with Crippen LogP contribution >= 0.6 is 0 Å². The van der Waals surface area contributed by atoms with Crippen LogP contribution in [-0.4, -0.2) is 29.9 Å². The third-order valence-electron chi connectivity index (χ3n) is 5.91. The first-order valence-corrected chi connectivity index (χ1v) is 9.17. The Hall–Kier alpha value is -3.56. The van der Waals surface area contributed by atoms with Crippen LogP contribution in [0.5, 0.6) is 5.75 Å². The van der Waals surface area contributed by atoms with Crippen LogP contribution in [0, 0.1) is 45.3 Å². The zero-order chi connectivity index (χ0) is 19.9. The van der Waals surface area contributed by atoms with E-state index in [1.807, 2.05) is 12.1 Å². The molecule has 6 heteroatoms. The number of carbonyl (C=O) groups is 1. The predicted molar refractivity (Wildman–Crippen MR) is 99.4 cm³/mol. The second-order valence-electron chi connectivity index (χ2n) is 7.41. The van der Waals surface area contributed by atoms with E-state index in [0.29, 0.717) is 11.3 Å². The minimum atomic E-state index is -1.43. The number of hydrogen-bond donors (Lipinski definition) is 0. The van der Waals surface area contributed by atoms with Crippen molar-refractivity contribution >= 4 is 5.78 Å². The Morgan fingerprint density at radius 1 is 1.18 bits per heavy atom. The van der Waals surface area contributed by atoms with Crippen molar-refractivity contribution in [3.63, 3.8) is 0 Å². The quantitative estimate of drug-likeness (QED) is 0.808. The van der Waals surface area contributed by atoms with Crippen molar-refractivity contribution < 1.29 is 9.53 Å². The molecule has 0 N–H and O–H groups in total. The fourth-order valence-electron chi connectivity index (χ4n) is 4.36. The topological polar surface area (TPSA) is 101 Å². The van der Waals surface area contributed by atoms with Crippen molar-refractivity contribution in [1.82, 2.24) is 4.90 Å². The van der Waals surface area contributed by atoms with E-state index in [-0.39, 0.29) is 11.7 Å². The molecule has 1 aliphatic carbocycles. The van der Waals surface area contributed by atoms with Crippen LogP contribution in [0.3, 0.4) is 0 Å². The molecule has 2 fully saturated rings. The van der Waals surface area contributed by atoms with Crippen LogP contribution in [0.15, 0.2) is 48.2 Å². The number of nitriles is 3. The number of carbonyl (C=O) groups excluding carboxylic acids is 1. The number of ketones is 1. The van der Waals surface area contributed by atoms with Crippen molar-refractivity contribution in [1.29, 1.82) is 15.8 Å². The van der Waals surface area contributed by atoms with Crippen LogP contribution < -0.4 is 4.74 Å². The molecule has 2 aliphatic heterocycles. The standard InChI is InChI=1S/C22H18N4O2/c1-28-17-7-5-15(6-8-17)19-20(21(27)16-3-4-16)26-11-14(10-23)2-9-18(26)22(19,12-24)13-25/h2,5-9,11,16,18-20H,3-4H2,1H3/t18-,19+,20-/m0/s1. The molecule has 138 valence electrons. The van der Waals surface area contributed by atoms with Gasteiger partial charge in [-0.15, -0.1) is 0 Å². The average molecular weight is 370 g/mol. The lowest BCUT2D eigenvalue weighted by Crippen LogP contribution is -2.40. The summed E-state index contributed by atoms with van der Waals surface area (Å²) in [6.45, 7) is 0. The fourth-order valence-corrected chi connectivity index (χ4v) is 4.36. The predicted octanol–water partition coefficient (Wildman–Crippen LogP) is 2.82. The molecule has 3 atom stereocenters. The molecule has 0 bridgehead atoms. The zero-order valence-corrected chi connectivity index (χ0v) is 15.4. The highest BCUT2D eigenvalue weighted by molar-refractivity contribution is 5.90. The number of methoxy groups -OCH3 is 1. The van der Waals surface area contributed by atoms with E-state index < -0.39 is 23.4 Å². The fraction of sp³-hybridized carbons (Fsp3) is 0.364. The lowest BCUT2D eigenvalue weighted by Gasteiger charge is -2.30. The summed E-state index contributed by atoms with van der Waals surface area (Å²) in [5.74, 6) is 0.0486. The number of benzene rings is 1. The molecule has 1 saturated carbocycles. The van der Waals surface area contributed by atoms with Gasteiger partial charge in [-0.05, 0) is 36.6 Å². The van der Waals surface area contributed by atoms with Crippen LogP contribution in [-0.2, 0) is 4.79 Å². The molecule has 1 aromatic carbocycles. The van der Waals surface area contributed by atoms with Gasteiger partial charge < -0.3 is 9.64 Å². The maximum atomic E-state index is 13.3. The largest absolute Gasteiger partial charge is 0.497 e. The average Bonchev–Trinajstić information content (AvgIpc) is 3.55. The van der Waals surface area contributed by atoms with Crippen molar-refractivity contribution in [3.8, 4) is 24.0 Å². The van der Waals surface area contributed by atoms with E-state index in [2.05, 4.69) is 18.2 Å². The highest BCUT2D eigenvalue weighted by Crippen LogP contribution is 2.54. The molecule has 0 radical (unpaired) electrons. The molecular formula is C22H18N4O2. The Bertz CT molecular complexity index is 985. The van der Waals surface area contributed by atoms with Gasteiger partial charge in [-0.25, -0.2) is 0 Å². The molecule has 28 heavy (non-hydrogen) atoms. The van der Waals surface area contributed by atoms with Crippen LogP contribution in [0.4, 0.5) is 0 Å². The molecule has 2 heterocycles. The molecule has 1 saturated heterocycles. The van der Waals surface area contributed by atoms with Crippen molar-refractivity contribution in [2.45, 2.75) is 30.8 Å². The minimum absolute atomic E-state index is 0.0376. The maximum absolute atomic E-state index is 13.3.